The lowest BCUT2D eigenvalue weighted by Crippen LogP contribution is -2.55. The van der Waals surface area contributed by atoms with Crippen LogP contribution in [0.5, 0.6) is 0 Å². The molecule has 8 nitrogen and oxygen atoms in total. The summed E-state index contributed by atoms with van der Waals surface area (Å²) in [4.78, 5) is 19.4. The lowest BCUT2D eigenvalue weighted by atomic mass is 9.90. The molecular formula is C33H40N4O4S. The Bertz CT molecular complexity index is 1480. The van der Waals surface area contributed by atoms with Crippen LogP contribution >= 0.6 is 0 Å². The van der Waals surface area contributed by atoms with Crippen LogP contribution in [-0.4, -0.2) is 76.1 Å². The molecule has 2 unspecified atom stereocenters. The number of benzene rings is 3. The highest BCUT2D eigenvalue weighted by Crippen LogP contribution is 2.43. The molecule has 3 aromatic carbocycles. The summed E-state index contributed by atoms with van der Waals surface area (Å²) in [5, 5.41) is 0. The van der Waals surface area contributed by atoms with E-state index in [-0.39, 0.29) is 24.8 Å². The van der Waals surface area contributed by atoms with Crippen LogP contribution in [0.1, 0.15) is 42.7 Å². The molecule has 3 aromatic rings. The Labute approximate surface area is 249 Å². The number of para-hydroxylation sites is 1. The van der Waals surface area contributed by atoms with Crippen LogP contribution in [0.3, 0.4) is 0 Å². The molecule has 42 heavy (non-hydrogen) atoms. The van der Waals surface area contributed by atoms with Gasteiger partial charge in [-0.15, -0.1) is 0 Å². The third kappa shape index (κ3) is 5.60. The van der Waals surface area contributed by atoms with E-state index in [1.165, 1.54) is 5.56 Å². The van der Waals surface area contributed by atoms with Crippen molar-refractivity contribution in [2.45, 2.75) is 55.2 Å². The minimum atomic E-state index is -3.70. The summed E-state index contributed by atoms with van der Waals surface area (Å²) in [6.45, 7) is 2.38. The maximum atomic E-state index is 14.1. The van der Waals surface area contributed by atoms with Gasteiger partial charge in [-0.1, -0.05) is 66.7 Å². The zero-order valence-corrected chi connectivity index (χ0v) is 25.2. The molecule has 9 heteroatoms. The second-order valence-electron chi connectivity index (χ2n) is 11.8. The quantitative estimate of drug-likeness (QED) is 0.373. The molecule has 3 fully saturated rings. The van der Waals surface area contributed by atoms with E-state index in [4.69, 9.17) is 4.74 Å². The largest absolute Gasteiger partial charge is 0.445 e. The van der Waals surface area contributed by atoms with Gasteiger partial charge in [0.25, 0.3) is 0 Å². The number of carbonyl (C=O) groups excluding carboxylic acids is 1. The molecule has 3 aliphatic heterocycles. The van der Waals surface area contributed by atoms with Crippen molar-refractivity contribution in [2.24, 2.45) is 0 Å². The van der Waals surface area contributed by atoms with E-state index in [1.54, 1.807) is 10.4 Å². The second-order valence-corrected chi connectivity index (χ2v) is 13.8. The van der Waals surface area contributed by atoms with Gasteiger partial charge >= 0.3 is 6.09 Å². The van der Waals surface area contributed by atoms with Crippen molar-refractivity contribution >= 4 is 27.5 Å². The van der Waals surface area contributed by atoms with Gasteiger partial charge in [-0.25, -0.2) is 13.2 Å². The number of rotatable bonds is 7. The Kier molecular flexibility index (Phi) is 8.14. The molecule has 0 radical (unpaired) electrons. The van der Waals surface area contributed by atoms with E-state index in [9.17, 15) is 13.2 Å². The van der Waals surface area contributed by atoms with Crippen LogP contribution in [0.2, 0.25) is 0 Å². The lowest BCUT2D eigenvalue weighted by Gasteiger charge is -2.43. The number of hydrogen-bond acceptors (Lipinski definition) is 6. The molecule has 222 valence electrons. The molecule has 0 spiro atoms. The zero-order chi connectivity index (χ0) is 29.3. The number of amides is 1. The highest BCUT2D eigenvalue weighted by Gasteiger charge is 2.44. The third-order valence-corrected chi connectivity index (χ3v) is 10.9. The number of nitrogens with zero attached hydrogens (tertiary/aromatic N) is 4. The third-order valence-electron chi connectivity index (χ3n) is 8.99. The Hall–Kier alpha value is -3.56. The molecular weight excluding hydrogens is 548 g/mol. The van der Waals surface area contributed by atoms with Gasteiger partial charge in [0.1, 0.15) is 11.5 Å². The Morgan fingerprint density at radius 1 is 0.833 bits per heavy atom. The topological polar surface area (TPSA) is 73.4 Å². The first-order valence-electron chi connectivity index (χ1n) is 14.9. The van der Waals surface area contributed by atoms with Crippen LogP contribution in [0, 0.1) is 0 Å². The van der Waals surface area contributed by atoms with Crippen LogP contribution in [0.25, 0.3) is 0 Å². The minimum absolute atomic E-state index is 0.103. The maximum absolute atomic E-state index is 14.1. The van der Waals surface area contributed by atoms with Crippen molar-refractivity contribution in [1.29, 1.82) is 0 Å². The monoisotopic (exact) mass is 588 g/mol. The minimum Gasteiger partial charge on any atom is -0.445 e. The van der Waals surface area contributed by atoms with Gasteiger partial charge in [0.05, 0.1) is 11.4 Å². The van der Waals surface area contributed by atoms with Gasteiger partial charge in [0.2, 0.25) is 10.0 Å². The van der Waals surface area contributed by atoms with Gasteiger partial charge in [0, 0.05) is 52.4 Å². The van der Waals surface area contributed by atoms with E-state index in [0.29, 0.717) is 37.0 Å². The highest BCUT2D eigenvalue weighted by atomic mass is 32.2. The van der Waals surface area contributed by atoms with Crippen molar-refractivity contribution in [3.8, 4) is 0 Å². The Balaban J connectivity index is 1.19. The fourth-order valence-corrected chi connectivity index (χ4v) is 8.68. The summed E-state index contributed by atoms with van der Waals surface area (Å²) in [7, 11) is 0.134. The number of piperidine rings is 1. The number of ether oxygens (including phenoxy) is 1. The summed E-state index contributed by atoms with van der Waals surface area (Å²) < 4.78 is 35.5. The average Bonchev–Trinajstić information content (AvgIpc) is 3.28. The molecule has 3 saturated heterocycles. The number of piperazine rings is 1. The molecule has 2 atom stereocenters. The molecule has 3 aliphatic rings. The maximum Gasteiger partial charge on any atom is 0.410 e. The molecule has 3 heterocycles. The molecule has 0 N–H and O–H groups in total. The predicted molar refractivity (Wildman–Crippen MR) is 165 cm³/mol. The first-order valence-corrected chi connectivity index (χ1v) is 16.4. The second kappa shape index (κ2) is 12.0. The fourth-order valence-electron chi connectivity index (χ4n) is 6.93. The SMILES string of the molecule is CN(C)c1c(N2C3CCC2CN(C(=O)OCc2ccccc2)C3)cccc1S(=O)(=O)N1CCC(c2ccccc2)CC1. The van der Waals surface area contributed by atoms with Gasteiger partial charge in [-0.05, 0) is 54.9 Å². The Morgan fingerprint density at radius 2 is 1.45 bits per heavy atom. The van der Waals surface area contributed by atoms with Gasteiger partial charge in [-0.3, -0.25) is 0 Å². The fraction of sp³-hybridized carbons (Fsp3) is 0.424. The molecule has 0 aromatic heterocycles. The average molecular weight is 589 g/mol. The summed E-state index contributed by atoms with van der Waals surface area (Å²) in [6.07, 6.45) is 3.23. The summed E-state index contributed by atoms with van der Waals surface area (Å²) in [5.41, 5.74) is 3.89. The standard InChI is InChI=1S/C33H40N4O4S/c1-34(2)32-30(37-28-16-17-29(37)23-35(22-28)33(38)41-24-25-10-5-3-6-11-25)14-9-15-31(32)42(39,40)36-20-18-27(19-21-36)26-12-7-4-8-13-26/h3-15,27-29H,16-24H2,1-2H3. The zero-order valence-electron chi connectivity index (χ0n) is 24.4. The van der Waals surface area contributed by atoms with Gasteiger partial charge in [0.15, 0.2) is 0 Å². The first-order chi connectivity index (χ1) is 20.3. The van der Waals surface area contributed by atoms with Gasteiger partial charge in [-0.2, -0.15) is 4.31 Å². The lowest BCUT2D eigenvalue weighted by molar-refractivity contribution is 0.0881. The molecule has 6 rings (SSSR count). The number of anilines is 2. The summed E-state index contributed by atoms with van der Waals surface area (Å²) in [6, 6.07) is 26.0. The number of fused-ring (bicyclic) bond motifs is 2. The van der Waals surface area contributed by atoms with Crippen molar-refractivity contribution in [3.05, 3.63) is 90.0 Å². The number of likely N-dealkylation sites (tertiary alicyclic amines) is 1. The number of hydrogen-bond donors (Lipinski definition) is 0. The summed E-state index contributed by atoms with van der Waals surface area (Å²) >= 11 is 0. The van der Waals surface area contributed by atoms with Crippen molar-refractivity contribution in [1.82, 2.24) is 9.21 Å². The van der Waals surface area contributed by atoms with Crippen LogP contribution in [0.4, 0.5) is 16.2 Å². The predicted octanol–water partition coefficient (Wildman–Crippen LogP) is 5.31. The molecule has 0 aliphatic carbocycles. The van der Waals surface area contributed by atoms with Crippen molar-refractivity contribution in [2.75, 3.05) is 50.1 Å². The van der Waals surface area contributed by atoms with E-state index >= 15 is 0 Å². The van der Waals surface area contributed by atoms with Crippen molar-refractivity contribution < 1.29 is 17.9 Å². The highest BCUT2D eigenvalue weighted by molar-refractivity contribution is 7.89. The van der Waals surface area contributed by atoms with E-state index in [1.807, 2.05) is 84.6 Å². The smallest absolute Gasteiger partial charge is 0.410 e. The van der Waals surface area contributed by atoms with Gasteiger partial charge < -0.3 is 19.4 Å². The number of carbonyl (C=O) groups is 1. The number of sulfonamides is 1. The molecule has 2 bridgehead atoms. The van der Waals surface area contributed by atoms with E-state index in [2.05, 4.69) is 17.0 Å². The van der Waals surface area contributed by atoms with Crippen LogP contribution in [-0.2, 0) is 21.4 Å². The van der Waals surface area contributed by atoms with Crippen LogP contribution in [0.15, 0.2) is 83.8 Å². The van der Waals surface area contributed by atoms with Crippen molar-refractivity contribution in [3.63, 3.8) is 0 Å². The molecule has 1 amide bonds. The van der Waals surface area contributed by atoms with Crippen LogP contribution < -0.4 is 9.80 Å². The molecule has 0 saturated carbocycles. The first kappa shape index (κ1) is 28.6. The van der Waals surface area contributed by atoms with E-state index < -0.39 is 10.0 Å². The normalized spacial score (nSPS) is 21.4. The summed E-state index contributed by atoms with van der Waals surface area (Å²) in [5.74, 6) is 0.378. The Morgan fingerprint density at radius 3 is 2.07 bits per heavy atom. The van der Waals surface area contributed by atoms with E-state index in [0.717, 1.165) is 42.6 Å².